The summed E-state index contributed by atoms with van der Waals surface area (Å²) in [7, 11) is 0. The van der Waals surface area contributed by atoms with Crippen molar-refractivity contribution in [3.8, 4) is 75.4 Å². The predicted octanol–water partition coefficient (Wildman–Crippen LogP) is 14.6. The first-order chi connectivity index (χ1) is 50.4. The Labute approximate surface area is 598 Å². The number of rotatable bonds is 17. The van der Waals surface area contributed by atoms with Crippen molar-refractivity contribution in [2.75, 3.05) is 21.3 Å². The highest BCUT2D eigenvalue weighted by atomic mass is 35.5. The van der Waals surface area contributed by atoms with Gasteiger partial charge in [-0.2, -0.15) is 46.7 Å². The van der Waals surface area contributed by atoms with Crippen molar-refractivity contribution >= 4 is 57.1 Å². The van der Waals surface area contributed by atoms with Crippen LogP contribution in [0.15, 0.2) is 225 Å². The Bertz CT molecular complexity index is 5550. The first-order valence-electron chi connectivity index (χ1n) is 32.1. The quantitative estimate of drug-likeness (QED) is 0.0529. The van der Waals surface area contributed by atoms with Crippen molar-refractivity contribution in [3.05, 3.63) is 304 Å². The number of hydrogen-bond donors (Lipinski definition) is 5. The van der Waals surface area contributed by atoms with Gasteiger partial charge in [-0.15, -0.1) is 0 Å². The summed E-state index contributed by atoms with van der Waals surface area (Å²) in [4.78, 5) is 50.8. The molecule has 0 aliphatic carbocycles. The maximum absolute atomic E-state index is 13.5. The predicted molar refractivity (Wildman–Crippen MR) is 392 cm³/mol. The van der Waals surface area contributed by atoms with Gasteiger partial charge in [0, 0.05) is 88.3 Å². The van der Waals surface area contributed by atoms with Gasteiger partial charge >= 0.3 is 0 Å². The van der Waals surface area contributed by atoms with Gasteiger partial charge in [0.05, 0.1) is 18.2 Å². The highest BCUT2D eigenvalue weighted by Gasteiger charge is 2.24. The number of aryl methyl sites for hydroxylation is 4. The summed E-state index contributed by atoms with van der Waals surface area (Å²) in [6, 6.07) is 69.0. The van der Waals surface area contributed by atoms with E-state index < -0.39 is 23.0 Å². The van der Waals surface area contributed by atoms with Crippen molar-refractivity contribution < 1.29 is 18.3 Å². The second-order valence-electron chi connectivity index (χ2n) is 22.1. The summed E-state index contributed by atoms with van der Waals surface area (Å²) in [6.45, 7) is 8.50. The Balaban J connectivity index is 0.000000161. The number of anilines is 8. The van der Waals surface area contributed by atoms with Crippen LogP contribution >= 0.6 is 11.6 Å². The van der Waals surface area contributed by atoms with Crippen LogP contribution in [-0.2, 0) is 32.8 Å². The fourth-order valence-electron chi connectivity index (χ4n) is 10.3. The molecule has 0 bridgehead atoms. The Kier molecular flexibility index (Phi) is 25.1. The third kappa shape index (κ3) is 17.3. The molecule has 5 N–H and O–H groups in total. The molecule has 8 aromatic carbocycles. The van der Waals surface area contributed by atoms with Gasteiger partial charge in [-0.25, -0.2) is 31.9 Å². The fourth-order valence-corrected chi connectivity index (χ4v) is 10.5. The lowest BCUT2D eigenvalue weighted by Crippen LogP contribution is -2.26. The lowest BCUT2D eigenvalue weighted by molar-refractivity contribution is 0.282. The van der Waals surface area contributed by atoms with Gasteiger partial charge in [0.25, 0.3) is 22.2 Å². The molecule has 0 fully saturated rings. The number of aromatic nitrogens is 8. The van der Waals surface area contributed by atoms with E-state index in [4.69, 9.17) is 22.0 Å². The molecule has 12 aromatic rings. The number of halogens is 4. The molecule has 22 nitrogen and oxygen atoms in total. The minimum atomic E-state index is -1.62. The highest BCUT2D eigenvalue weighted by molar-refractivity contribution is 6.30. The fraction of sp³-hybridized carbons (Fsp3) is 0.115. The van der Waals surface area contributed by atoms with Gasteiger partial charge in [0.2, 0.25) is 0 Å². The molecule has 104 heavy (non-hydrogen) atoms. The molecule has 516 valence electrons. The Morgan fingerprint density at radius 2 is 0.673 bits per heavy atom. The smallest absolute Gasteiger partial charge is 0.291 e. The van der Waals surface area contributed by atoms with E-state index in [1.165, 1.54) is 14.0 Å². The molecule has 0 saturated carbocycles. The van der Waals surface area contributed by atoms with E-state index in [1.54, 1.807) is 110 Å². The number of aliphatic hydroxyl groups is 1. The standard InChI is InChI=1S/C20H15N5O.C20H18N4O2.C19H15ClN4O.C19H13F3N4O/c1-2-25-20(26)19(23-16-10-8-14(12-21)9-11-16)17(13-22)18(24-25)15-6-4-3-5-7-15;1-2-24-20(26)19(22-16-10-8-14(13-25)9-11-16)17(12-21)18(23-24)15-6-4-3-5-7-15;1-2-24-19(25)18(22-15-10-6-9-14(20)11-15)16(12-21)17(23-24)13-7-4-3-5-8-13;1-2-26-19(27)18(24-12-8-14(20)16(22)15(21)9-12)13(10-23)17(25-26)11-6-4-3-5-7-11/h3-11,23H,2H2,1H3;3-11,22,25H,2,13H2,1H3;3-11,22H,2H2,1H3;3-9,24H,2H2,1H3. The van der Waals surface area contributed by atoms with Gasteiger partial charge in [-0.1, -0.05) is 151 Å². The minimum Gasteiger partial charge on any atom is -0.392 e. The van der Waals surface area contributed by atoms with Crippen molar-refractivity contribution in [2.24, 2.45) is 0 Å². The number of benzene rings is 8. The average Bonchev–Trinajstić information content (AvgIpc) is 0.801. The van der Waals surface area contributed by atoms with Crippen LogP contribution in [0.2, 0.25) is 5.02 Å². The zero-order chi connectivity index (χ0) is 74.4. The zero-order valence-corrected chi connectivity index (χ0v) is 56.8. The van der Waals surface area contributed by atoms with E-state index in [0.717, 1.165) is 26.9 Å². The maximum Gasteiger partial charge on any atom is 0.291 e. The van der Waals surface area contributed by atoms with Crippen LogP contribution in [-0.4, -0.2) is 44.2 Å². The SMILES string of the molecule is CCn1nc(-c2ccccc2)c(C#N)c(Nc2cc(F)c(F)c(F)c2)c1=O.CCn1nc(-c2ccccc2)c(C#N)c(Nc2ccc(C#N)cc2)c1=O.CCn1nc(-c2ccccc2)c(C#N)c(Nc2ccc(CO)cc2)c1=O.CCn1nc(-c2ccccc2)c(C#N)c(Nc2cccc(Cl)c2)c1=O. The lowest BCUT2D eigenvalue weighted by atomic mass is 10.1. The largest absolute Gasteiger partial charge is 0.392 e. The minimum absolute atomic E-state index is 0.0558. The maximum atomic E-state index is 13.5. The third-order valence-electron chi connectivity index (χ3n) is 15.5. The van der Waals surface area contributed by atoms with Crippen molar-refractivity contribution in [1.82, 2.24) is 39.1 Å². The van der Waals surface area contributed by atoms with Crippen LogP contribution in [0.1, 0.15) is 61.1 Å². The van der Waals surface area contributed by atoms with Crippen LogP contribution in [0.5, 0.6) is 0 Å². The van der Waals surface area contributed by atoms with Gasteiger partial charge in [-0.05, 0) is 87.9 Å². The molecule has 26 heteroatoms. The van der Waals surface area contributed by atoms with Crippen LogP contribution in [0.25, 0.3) is 45.0 Å². The molecule has 0 saturated heterocycles. The summed E-state index contributed by atoms with van der Waals surface area (Å²) >= 11 is 6.01. The van der Waals surface area contributed by atoms with Gasteiger partial charge in [0.1, 0.15) is 92.1 Å². The van der Waals surface area contributed by atoms with E-state index >= 15 is 0 Å². The summed E-state index contributed by atoms with van der Waals surface area (Å²) in [6.07, 6.45) is 0. The van der Waals surface area contributed by atoms with Crippen LogP contribution in [0.4, 0.5) is 58.7 Å². The molecule has 0 unspecified atom stereocenters. The monoisotopic (exact) mass is 1410 g/mol. The Morgan fingerprint density at radius 3 is 0.952 bits per heavy atom. The molecule has 0 amide bonds. The number of nitrogens with one attached hydrogen (secondary N) is 4. The Morgan fingerprint density at radius 1 is 0.375 bits per heavy atom. The first kappa shape index (κ1) is 74.2. The average molecular weight is 1410 g/mol. The lowest BCUT2D eigenvalue weighted by Gasteiger charge is -2.14. The first-order valence-corrected chi connectivity index (χ1v) is 32.4. The number of nitriles is 5. The van der Waals surface area contributed by atoms with Gasteiger partial charge in [0.15, 0.2) is 17.5 Å². The van der Waals surface area contributed by atoms with E-state index in [2.05, 4.69) is 59.9 Å². The summed E-state index contributed by atoms with van der Waals surface area (Å²) in [5, 5.41) is 86.2. The summed E-state index contributed by atoms with van der Waals surface area (Å²) in [5.41, 5.74) is 6.68. The third-order valence-corrected chi connectivity index (χ3v) is 15.7. The number of aliphatic hydroxyl groups excluding tert-OH is 1. The molecule has 0 spiro atoms. The molecule has 0 aliphatic rings. The van der Waals surface area contributed by atoms with E-state index in [-0.39, 0.29) is 86.2 Å². The topological polar surface area (TPSA) is 327 Å². The van der Waals surface area contributed by atoms with E-state index in [1.807, 2.05) is 124 Å². The van der Waals surface area contributed by atoms with Crippen LogP contribution in [0.3, 0.4) is 0 Å². The molecular formula is C78H61ClF3N17O5. The molecular weight excluding hydrogens is 1350 g/mol. The second kappa shape index (κ2) is 35.1. The van der Waals surface area contributed by atoms with E-state index in [0.29, 0.717) is 82.1 Å². The molecule has 0 atom stereocenters. The highest BCUT2D eigenvalue weighted by Crippen LogP contribution is 2.32. The van der Waals surface area contributed by atoms with Gasteiger partial charge < -0.3 is 26.4 Å². The number of hydrogen-bond acceptors (Lipinski definition) is 18. The molecule has 4 heterocycles. The van der Waals surface area contributed by atoms with Crippen molar-refractivity contribution in [2.45, 2.75) is 60.5 Å². The second-order valence-corrected chi connectivity index (χ2v) is 22.5. The molecule has 0 aliphatic heterocycles. The number of nitrogens with zero attached hydrogens (tertiary/aromatic N) is 13. The molecule has 12 rings (SSSR count). The summed E-state index contributed by atoms with van der Waals surface area (Å²) in [5.74, 6) is -4.44. The summed E-state index contributed by atoms with van der Waals surface area (Å²) < 4.78 is 45.3. The molecule has 4 aromatic heterocycles. The Hall–Kier alpha value is -14.0. The normalized spacial score (nSPS) is 10.3. The van der Waals surface area contributed by atoms with Crippen LogP contribution in [0, 0.1) is 74.1 Å². The van der Waals surface area contributed by atoms with Crippen LogP contribution < -0.4 is 43.5 Å². The van der Waals surface area contributed by atoms with Crippen molar-refractivity contribution in [3.63, 3.8) is 0 Å². The van der Waals surface area contributed by atoms with Crippen molar-refractivity contribution in [1.29, 1.82) is 26.3 Å². The van der Waals surface area contributed by atoms with E-state index in [9.17, 15) is 53.4 Å². The molecule has 0 radical (unpaired) electrons. The zero-order valence-electron chi connectivity index (χ0n) is 56.1. The van der Waals surface area contributed by atoms with Gasteiger partial charge in [-0.3, -0.25) is 19.2 Å².